The predicted octanol–water partition coefficient (Wildman–Crippen LogP) is -0.209. The summed E-state index contributed by atoms with van der Waals surface area (Å²) in [6, 6.07) is 0. The third kappa shape index (κ3) is 1.97. The first-order chi connectivity index (χ1) is 5.43. The van der Waals surface area contributed by atoms with Crippen LogP contribution in [-0.4, -0.2) is 42.3 Å². The molecular formula is C7H15NO3S. The molecule has 1 rings (SSSR count). The Hall–Kier alpha value is -0.130. The quantitative estimate of drug-likeness (QED) is 0.674. The summed E-state index contributed by atoms with van der Waals surface area (Å²) in [5.41, 5.74) is 0. The van der Waals surface area contributed by atoms with E-state index < -0.39 is 16.1 Å². The molecule has 0 radical (unpaired) electrons. The molecule has 0 aromatic carbocycles. The summed E-state index contributed by atoms with van der Waals surface area (Å²) in [7, 11) is -3.03. The molecule has 1 unspecified atom stereocenters. The van der Waals surface area contributed by atoms with Crippen molar-refractivity contribution >= 4 is 9.84 Å². The van der Waals surface area contributed by atoms with E-state index in [0.29, 0.717) is 13.0 Å². The summed E-state index contributed by atoms with van der Waals surface area (Å²) in [5, 5.41) is 8.76. The van der Waals surface area contributed by atoms with Gasteiger partial charge in [0.2, 0.25) is 0 Å². The number of sulfone groups is 1. The molecule has 5 heteroatoms. The number of likely N-dealkylation sites (tertiary alicyclic amines) is 1. The lowest BCUT2D eigenvalue weighted by molar-refractivity contribution is -0.0614. The van der Waals surface area contributed by atoms with Gasteiger partial charge in [-0.05, 0) is 20.3 Å². The second kappa shape index (κ2) is 3.32. The van der Waals surface area contributed by atoms with Gasteiger partial charge in [-0.2, -0.15) is 0 Å². The molecule has 1 atom stereocenters. The van der Waals surface area contributed by atoms with Gasteiger partial charge in [-0.15, -0.1) is 0 Å². The molecule has 1 fully saturated rings. The second-order valence-electron chi connectivity index (χ2n) is 3.42. The van der Waals surface area contributed by atoms with Crippen LogP contribution in [0.5, 0.6) is 0 Å². The Morgan fingerprint density at radius 1 is 1.58 bits per heavy atom. The van der Waals surface area contributed by atoms with E-state index in [-0.39, 0.29) is 11.1 Å². The zero-order chi connectivity index (χ0) is 9.35. The number of aliphatic hydroxyl groups is 1. The molecule has 0 aromatic rings. The van der Waals surface area contributed by atoms with Crippen LogP contribution >= 0.6 is 0 Å². The lowest BCUT2D eigenvalue weighted by atomic mass is 10.2. The number of hydrogen-bond acceptors (Lipinski definition) is 4. The maximum absolute atomic E-state index is 11.3. The van der Waals surface area contributed by atoms with Crippen molar-refractivity contribution in [1.29, 1.82) is 0 Å². The minimum absolute atomic E-state index is 0.00810. The number of aliphatic hydroxyl groups excluding tert-OH is 1. The van der Waals surface area contributed by atoms with Crippen molar-refractivity contribution in [2.24, 2.45) is 0 Å². The van der Waals surface area contributed by atoms with Crippen molar-refractivity contribution in [2.75, 3.05) is 12.4 Å². The third-order valence-corrected chi connectivity index (χ3v) is 4.29. The fourth-order valence-electron chi connectivity index (χ4n) is 0.958. The van der Waals surface area contributed by atoms with E-state index in [1.807, 2.05) is 0 Å². The maximum Gasteiger partial charge on any atom is 0.165 e. The van der Waals surface area contributed by atoms with Crippen molar-refractivity contribution in [3.05, 3.63) is 0 Å². The first-order valence-electron chi connectivity index (χ1n) is 4.07. The largest absolute Gasteiger partial charge is 0.378 e. The molecule has 12 heavy (non-hydrogen) atoms. The molecule has 1 aliphatic heterocycles. The third-order valence-electron chi connectivity index (χ3n) is 2.16. The average Bonchev–Trinajstić information content (AvgIpc) is 1.97. The summed E-state index contributed by atoms with van der Waals surface area (Å²) in [6.45, 7) is 4.00. The van der Waals surface area contributed by atoms with Crippen molar-refractivity contribution in [3.8, 4) is 0 Å². The molecular weight excluding hydrogens is 178 g/mol. The topological polar surface area (TPSA) is 57.6 Å². The first kappa shape index (κ1) is 9.95. The fourth-order valence-corrected chi connectivity index (χ4v) is 2.02. The smallest absolute Gasteiger partial charge is 0.165 e. The maximum atomic E-state index is 11.3. The van der Waals surface area contributed by atoms with Gasteiger partial charge in [-0.25, -0.2) is 8.42 Å². The molecule has 0 amide bonds. The van der Waals surface area contributed by atoms with Gasteiger partial charge in [-0.3, -0.25) is 4.90 Å². The second-order valence-corrected chi connectivity index (χ2v) is 5.95. The van der Waals surface area contributed by atoms with Crippen LogP contribution in [0, 0.1) is 0 Å². The highest BCUT2D eigenvalue weighted by molar-refractivity contribution is 7.91. The molecule has 0 bridgehead atoms. The van der Waals surface area contributed by atoms with Crippen molar-refractivity contribution in [1.82, 2.24) is 4.90 Å². The van der Waals surface area contributed by atoms with Gasteiger partial charge in [0.15, 0.2) is 9.84 Å². The van der Waals surface area contributed by atoms with Gasteiger partial charge in [0.05, 0.1) is 5.25 Å². The van der Waals surface area contributed by atoms with Crippen LogP contribution in [0.3, 0.4) is 0 Å². The van der Waals surface area contributed by atoms with Crippen molar-refractivity contribution < 1.29 is 13.5 Å². The summed E-state index contributed by atoms with van der Waals surface area (Å²) in [5.74, 6) is -0.00810. The van der Waals surface area contributed by atoms with Crippen LogP contribution < -0.4 is 0 Å². The van der Waals surface area contributed by atoms with Gasteiger partial charge in [0.1, 0.15) is 12.1 Å². The van der Waals surface area contributed by atoms with Gasteiger partial charge >= 0.3 is 0 Å². The fraction of sp³-hybridized carbons (Fsp3) is 1.00. The molecule has 1 saturated heterocycles. The first-order valence-corrected chi connectivity index (χ1v) is 5.78. The highest BCUT2D eigenvalue weighted by Gasteiger charge is 2.30. The molecule has 1 aliphatic rings. The van der Waals surface area contributed by atoms with Gasteiger partial charge in [0, 0.05) is 6.54 Å². The van der Waals surface area contributed by atoms with E-state index in [0.717, 1.165) is 0 Å². The molecule has 0 aromatic heterocycles. The van der Waals surface area contributed by atoms with E-state index in [4.69, 9.17) is 5.11 Å². The lowest BCUT2D eigenvalue weighted by Crippen LogP contribution is -2.50. The SMILES string of the molecule is CC(C)S(=O)(=O)CN1CCC1O. The molecule has 72 valence electrons. The summed E-state index contributed by atoms with van der Waals surface area (Å²) in [4.78, 5) is 1.56. The van der Waals surface area contributed by atoms with E-state index in [1.54, 1.807) is 18.7 Å². The molecule has 0 spiro atoms. The zero-order valence-corrected chi connectivity index (χ0v) is 8.21. The molecule has 0 saturated carbocycles. The number of hydrogen-bond donors (Lipinski definition) is 1. The normalized spacial score (nSPS) is 25.8. The number of rotatable bonds is 3. The Morgan fingerprint density at radius 3 is 2.42 bits per heavy atom. The van der Waals surface area contributed by atoms with Crippen LogP contribution in [0.25, 0.3) is 0 Å². The Morgan fingerprint density at radius 2 is 2.17 bits per heavy atom. The van der Waals surface area contributed by atoms with Crippen LogP contribution in [0.1, 0.15) is 20.3 Å². The van der Waals surface area contributed by atoms with E-state index >= 15 is 0 Å². The van der Waals surface area contributed by atoms with E-state index in [2.05, 4.69) is 0 Å². The molecule has 4 nitrogen and oxygen atoms in total. The molecule has 1 N–H and O–H groups in total. The average molecular weight is 193 g/mol. The highest BCUT2D eigenvalue weighted by atomic mass is 32.2. The predicted molar refractivity (Wildman–Crippen MR) is 46.3 cm³/mol. The number of nitrogens with zero attached hydrogens (tertiary/aromatic N) is 1. The van der Waals surface area contributed by atoms with Gasteiger partial charge < -0.3 is 5.11 Å². The van der Waals surface area contributed by atoms with E-state index in [1.165, 1.54) is 0 Å². The Labute approximate surface area is 73.1 Å². The molecule has 1 heterocycles. The van der Waals surface area contributed by atoms with Crippen molar-refractivity contribution in [2.45, 2.75) is 31.7 Å². The van der Waals surface area contributed by atoms with Crippen LogP contribution in [0.2, 0.25) is 0 Å². The summed E-state index contributed by atoms with van der Waals surface area (Å²) in [6.07, 6.45) is 0.145. The monoisotopic (exact) mass is 193 g/mol. The Balaban J connectivity index is 2.51. The molecule has 0 aliphatic carbocycles. The zero-order valence-electron chi connectivity index (χ0n) is 7.40. The summed E-state index contributed by atoms with van der Waals surface area (Å²) >= 11 is 0. The van der Waals surface area contributed by atoms with Gasteiger partial charge in [-0.1, -0.05) is 0 Å². The standard InChI is InChI=1S/C7H15NO3S/c1-6(2)12(10,11)5-8-4-3-7(8)9/h6-7,9H,3-5H2,1-2H3. The van der Waals surface area contributed by atoms with Crippen molar-refractivity contribution in [3.63, 3.8) is 0 Å². The van der Waals surface area contributed by atoms with E-state index in [9.17, 15) is 8.42 Å². The minimum Gasteiger partial charge on any atom is -0.378 e. The van der Waals surface area contributed by atoms with Crippen LogP contribution in [0.4, 0.5) is 0 Å². The van der Waals surface area contributed by atoms with Crippen LogP contribution in [-0.2, 0) is 9.84 Å². The Bertz CT molecular complexity index is 247. The highest BCUT2D eigenvalue weighted by Crippen LogP contribution is 2.16. The summed E-state index contributed by atoms with van der Waals surface area (Å²) < 4.78 is 22.7. The minimum atomic E-state index is -3.03. The lowest BCUT2D eigenvalue weighted by Gasteiger charge is -2.36. The Kier molecular flexibility index (Phi) is 2.75. The van der Waals surface area contributed by atoms with Crippen LogP contribution in [0.15, 0.2) is 0 Å². The van der Waals surface area contributed by atoms with Gasteiger partial charge in [0.25, 0.3) is 0 Å².